The Morgan fingerprint density at radius 1 is 1.35 bits per heavy atom. The molecule has 1 aliphatic heterocycles. The smallest absolute Gasteiger partial charge is 0.106 e. The Kier molecular flexibility index (Phi) is 7.55. The van der Waals surface area contributed by atoms with Crippen LogP contribution in [0.15, 0.2) is 0 Å². The molecule has 0 aromatic rings. The van der Waals surface area contributed by atoms with E-state index in [2.05, 4.69) is 44.0 Å². The fraction of sp³-hybridized carbons (Fsp3) is 0.941. The highest BCUT2D eigenvalue weighted by Crippen LogP contribution is 2.22. The fourth-order valence-corrected chi connectivity index (χ4v) is 3.47. The van der Waals surface area contributed by atoms with Crippen LogP contribution in [-0.4, -0.2) is 35.6 Å². The lowest BCUT2D eigenvalue weighted by Gasteiger charge is -2.36. The van der Waals surface area contributed by atoms with Gasteiger partial charge in [-0.1, -0.05) is 20.3 Å². The molecular weight excluding hydrogens is 246 g/mol. The first-order chi connectivity index (χ1) is 9.56. The van der Waals surface area contributed by atoms with Crippen LogP contribution in [0.5, 0.6) is 0 Å². The van der Waals surface area contributed by atoms with Gasteiger partial charge in [0.2, 0.25) is 0 Å². The molecule has 0 spiro atoms. The lowest BCUT2D eigenvalue weighted by molar-refractivity contribution is 0.137. The highest BCUT2D eigenvalue weighted by Gasteiger charge is 2.28. The van der Waals surface area contributed by atoms with Crippen LogP contribution in [0.2, 0.25) is 0 Å². The molecule has 0 aromatic heterocycles. The van der Waals surface area contributed by atoms with E-state index < -0.39 is 0 Å². The maximum Gasteiger partial charge on any atom is 0.106 e. The van der Waals surface area contributed by atoms with E-state index in [4.69, 9.17) is 0 Å². The molecule has 20 heavy (non-hydrogen) atoms. The summed E-state index contributed by atoms with van der Waals surface area (Å²) in [5, 5.41) is 13.0. The van der Waals surface area contributed by atoms with Crippen LogP contribution < -0.4 is 5.32 Å². The molecule has 116 valence electrons. The predicted octanol–water partition coefficient (Wildman–Crippen LogP) is 3.70. The molecule has 2 atom stereocenters. The average Bonchev–Trinajstić information content (AvgIpc) is 2.46. The van der Waals surface area contributed by atoms with Crippen molar-refractivity contribution in [3.8, 4) is 6.07 Å². The third-order valence-electron chi connectivity index (χ3n) is 4.65. The maximum atomic E-state index is 9.53. The number of hydrogen-bond acceptors (Lipinski definition) is 3. The van der Waals surface area contributed by atoms with Gasteiger partial charge < -0.3 is 4.90 Å². The Morgan fingerprint density at radius 3 is 2.65 bits per heavy atom. The summed E-state index contributed by atoms with van der Waals surface area (Å²) in [6.07, 6.45) is 8.33. The van der Waals surface area contributed by atoms with E-state index in [1.807, 2.05) is 0 Å². The lowest BCUT2D eigenvalue weighted by atomic mass is 9.90. The van der Waals surface area contributed by atoms with E-state index >= 15 is 0 Å². The van der Waals surface area contributed by atoms with Gasteiger partial charge in [0.05, 0.1) is 6.07 Å². The summed E-state index contributed by atoms with van der Waals surface area (Å²) in [7, 11) is 0. The highest BCUT2D eigenvalue weighted by atomic mass is 15.2. The standard InChI is InChI=1S/C17H33N3/c1-5-16-10-7-8-12-20(16)13-9-11-17(6-2,14-18)19-15(3)4/h15-16,19H,5-13H2,1-4H3. The Morgan fingerprint density at radius 2 is 2.10 bits per heavy atom. The Bertz CT molecular complexity index is 308. The third-order valence-corrected chi connectivity index (χ3v) is 4.65. The second kappa shape index (κ2) is 8.64. The quantitative estimate of drug-likeness (QED) is 0.736. The van der Waals surface area contributed by atoms with Crippen molar-refractivity contribution in [3.63, 3.8) is 0 Å². The van der Waals surface area contributed by atoms with Crippen LogP contribution in [0.25, 0.3) is 0 Å². The second-order valence-electron chi connectivity index (χ2n) is 6.54. The minimum atomic E-state index is -0.328. The Balaban J connectivity index is 2.45. The lowest BCUT2D eigenvalue weighted by Crippen LogP contribution is -2.48. The van der Waals surface area contributed by atoms with Crippen LogP contribution in [0, 0.1) is 11.3 Å². The van der Waals surface area contributed by atoms with Crippen LogP contribution in [0.1, 0.15) is 72.6 Å². The summed E-state index contributed by atoms with van der Waals surface area (Å²) in [6, 6.07) is 3.68. The SMILES string of the molecule is CCC1CCCCN1CCCC(C#N)(CC)NC(C)C. The van der Waals surface area contributed by atoms with Crippen LogP contribution >= 0.6 is 0 Å². The van der Waals surface area contributed by atoms with Gasteiger partial charge in [-0.2, -0.15) is 5.26 Å². The van der Waals surface area contributed by atoms with Crippen LogP contribution in [0.4, 0.5) is 0 Å². The van der Waals surface area contributed by atoms with Gasteiger partial charge >= 0.3 is 0 Å². The molecule has 1 saturated heterocycles. The molecule has 0 aromatic carbocycles. The van der Waals surface area contributed by atoms with Gasteiger partial charge in [-0.25, -0.2) is 0 Å². The normalized spacial score (nSPS) is 23.5. The van der Waals surface area contributed by atoms with Gasteiger partial charge in [0.15, 0.2) is 0 Å². The summed E-state index contributed by atoms with van der Waals surface area (Å²) in [5.74, 6) is 0. The van der Waals surface area contributed by atoms with E-state index in [0.29, 0.717) is 6.04 Å². The number of nitriles is 1. The van der Waals surface area contributed by atoms with E-state index in [9.17, 15) is 5.26 Å². The summed E-state index contributed by atoms with van der Waals surface area (Å²) in [4.78, 5) is 2.65. The van der Waals surface area contributed by atoms with Gasteiger partial charge in [-0.3, -0.25) is 5.32 Å². The average molecular weight is 279 g/mol. The number of hydrogen-bond donors (Lipinski definition) is 1. The summed E-state index contributed by atoms with van der Waals surface area (Å²) >= 11 is 0. The predicted molar refractivity (Wildman–Crippen MR) is 85.6 cm³/mol. The number of rotatable bonds is 8. The molecule has 0 saturated carbocycles. The van der Waals surface area contributed by atoms with Gasteiger partial charge in [0.1, 0.15) is 5.54 Å². The molecule has 0 amide bonds. The molecule has 1 heterocycles. The fourth-order valence-electron chi connectivity index (χ4n) is 3.47. The van der Waals surface area contributed by atoms with Gasteiger partial charge in [0.25, 0.3) is 0 Å². The van der Waals surface area contributed by atoms with Gasteiger partial charge in [-0.05, 0) is 65.5 Å². The first kappa shape index (κ1) is 17.5. The molecule has 0 aliphatic carbocycles. The van der Waals surface area contributed by atoms with Crippen LogP contribution in [-0.2, 0) is 0 Å². The zero-order valence-corrected chi connectivity index (χ0v) is 13.9. The van der Waals surface area contributed by atoms with Crippen molar-refractivity contribution in [1.82, 2.24) is 10.2 Å². The van der Waals surface area contributed by atoms with Crippen LogP contribution in [0.3, 0.4) is 0 Å². The van der Waals surface area contributed by atoms with Gasteiger partial charge in [-0.15, -0.1) is 0 Å². The highest BCUT2D eigenvalue weighted by molar-refractivity contribution is 5.06. The zero-order valence-electron chi connectivity index (χ0n) is 13.9. The van der Waals surface area contributed by atoms with E-state index in [0.717, 1.165) is 31.8 Å². The second-order valence-corrected chi connectivity index (χ2v) is 6.54. The topological polar surface area (TPSA) is 39.1 Å². The summed E-state index contributed by atoms with van der Waals surface area (Å²) < 4.78 is 0. The van der Waals surface area contributed by atoms with Crippen molar-refractivity contribution < 1.29 is 0 Å². The van der Waals surface area contributed by atoms with Crippen molar-refractivity contribution in [1.29, 1.82) is 5.26 Å². The molecule has 0 bridgehead atoms. The largest absolute Gasteiger partial charge is 0.300 e. The van der Waals surface area contributed by atoms with Crippen molar-refractivity contribution in [3.05, 3.63) is 0 Å². The van der Waals surface area contributed by atoms with E-state index in [1.165, 1.54) is 32.2 Å². The Hall–Kier alpha value is -0.590. The number of likely N-dealkylation sites (tertiary alicyclic amines) is 1. The first-order valence-corrected chi connectivity index (χ1v) is 8.50. The molecule has 1 rings (SSSR count). The minimum Gasteiger partial charge on any atom is -0.300 e. The molecule has 1 N–H and O–H groups in total. The monoisotopic (exact) mass is 279 g/mol. The number of nitrogens with zero attached hydrogens (tertiary/aromatic N) is 2. The number of nitrogens with one attached hydrogen (secondary N) is 1. The third kappa shape index (κ3) is 5.07. The zero-order chi connectivity index (χ0) is 15.0. The van der Waals surface area contributed by atoms with Crippen molar-refractivity contribution in [2.45, 2.75) is 90.3 Å². The molecule has 3 heteroatoms. The van der Waals surface area contributed by atoms with Crippen molar-refractivity contribution in [2.24, 2.45) is 0 Å². The van der Waals surface area contributed by atoms with Gasteiger partial charge in [0, 0.05) is 12.1 Å². The molecule has 0 radical (unpaired) electrons. The van der Waals surface area contributed by atoms with Crippen molar-refractivity contribution >= 4 is 0 Å². The molecule has 3 nitrogen and oxygen atoms in total. The molecule has 1 fully saturated rings. The van der Waals surface area contributed by atoms with E-state index in [-0.39, 0.29) is 5.54 Å². The minimum absolute atomic E-state index is 0.328. The first-order valence-electron chi connectivity index (χ1n) is 8.50. The molecule has 1 aliphatic rings. The molecule has 2 unspecified atom stereocenters. The summed E-state index contributed by atoms with van der Waals surface area (Å²) in [5.41, 5.74) is -0.328. The maximum absolute atomic E-state index is 9.53. The van der Waals surface area contributed by atoms with E-state index in [1.54, 1.807) is 0 Å². The summed E-state index contributed by atoms with van der Waals surface area (Å²) in [6.45, 7) is 11.1. The number of piperidine rings is 1. The Labute approximate surface area is 125 Å². The molecular formula is C17H33N3. The van der Waals surface area contributed by atoms with Crippen molar-refractivity contribution in [2.75, 3.05) is 13.1 Å².